The topological polar surface area (TPSA) is 74.9 Å². The number of hydrogen-bond acceptors (Lipinski definition) is 5. The molecule has 0 bridgehead atoms. The van der Waals surface area contributed by atoms with Crippen LogP contribution < -0.4 is 10.6 Å². The van der Waals surface area contributed by atoms with Crippen LogP contribution in [-0.2, 0) is 24.1 Å². The summed E-state index contributed by atoms with van der Waals surface area (Å²) in [6, 6.07) is 0. The second kappa shape index (κ2) is 13.4. The minimum Gasteiger partial charge on any atom is -0.383 e. The highest BCUT2D eigenvalue weighted by Crippen LogP contribution is 2.15. The number of rotatable bonds is 10. The lowest BCUT2D eigenvalue weighted by Gasteiger charge is -2.17. The summed E-state index contributed by atoms with van der Waals surface area (Å²) in [5.41, 5.74) is 2.17. The van der Waals surface area contributed by atoms with Gasteiger partial charge in [-0.2, -0.15) is 0 Å². The van der Waals surface area contributed by atoms with Crippen LogP contribution in [0.1, 0.15) is 30.9 Å². The van der Waals surface area contributed by atoms with Gasteiger partial charge in [0.05, 0.1) is 12.3 Å². The molecule has 0 unspecified atom stereocenters. The number of guanidine groups is 1. The number of likely N-dealkylation sites (N-methyl/N-ethyl adjacent to an activating group) is 1. The van der Waals surface area contributed by atoms with Crippen molar-refractivity contribution in [3.8, 4) is 0 Å². The van der Waals surface area contributed by atoms with E-state index in [2.05, 4.69) is 46.6 Å². The third-order valence-corrected chi connectivity index (χ3v) is 3.73. The minimum atomic E-state index is 0. The van der Waals surface area contributed by atoms with E-state index in [0.717, 1.165) is 62.1 Å². The van der Waals surface area contributed by atoms with E-state index in [1.54, 1.807) is 14.2 Å². The van der Waals surface area contributed by atoms with Gasteiger partial charge >= 0.3 is 0 Å². The SMILES string of the molecule is CCc1noc(CC)c1CNC(=NC)NCCN(C)CCOC.I. The van der Waals surface area contributed by atoms with Gasteiger partial charge in [-0.15, -0.1) is 24.0 Å². The Bertz CT molecular complexity index is 458. The molecule has 0 saturated heterocycles. The lowest BCUT2D eigenvalue weighted by Crippen LogP contribution is -2.41. The van der Waals surface area contributed by atoms with Gasteiger partial charge in [0.15, 0.2) is 5.96 Å². The lowest BCUT2D eigenvalue weighted by molar-refractivity contribution is 0.162. The van der Waals surface area contributed by atoms with Gasteiger partial charge in [0.2, 0.25) is 0 Å². The van der Waals surface area contributed by atoms with Crippen molar-refractivity contribution in [1.29, 1.82) is 0 Å². The summed E-state index contributed by atoms with van der Waals surface area (Å²) in [6.07, 6.45) is 1.72. The molecule has 0 aliphatic heterocycles. The van der Waals surface area contributed by atoms with E-state index in [4.69, 9.17) is 9.26 Å². The first-order chi connectivity index (χ1) is 11.2. The van der Waals surface area contributed by atoms with Crippen LogP contribution in [0.2, 0.25) is 0 Å². The number of halogens is 1. The molecular weight excluding hydrogens is 421 g/mol. The van der Waals surface area contributed by atoms with E-state index in [-0.39, 0.29) is 24.0 Å². The Morgan fingerprint density at radius 1 is 1.25 bits per heavy atom. The van der Waals surface area contributed by atoms with Crippen molar-refractivity contribution < 1.29 is 9.26 Å². The number of nitrogens with zero attached hydrogens (tertiary/aromatic N) is 3. The van der Waals surface area contributed by atoms with Crippen LogP contribution in [0.4, 0.5) is 0 Å². The third kappa shape index (κ3) is 7.80. The molecular formula is C16H32IN5O2. The number of ether oxygens (including phenoxy) is 1. The summed E-state index contributed by atoms with van der Waals surface area (Å²) in [4.78, 5) is 6.47. The lowest BCUT2D eigenvalue weighted by atomic mass is 10.1. The van der Waals surface area contributed by atoms with Crippen molar-refractivity contribution in [1.82, 2.24) is 20.7 Å². The molecule has 0 aromatic carbocycles. The average Bonchev–Trinajstić information content (AvgIpc) is 2.97. The molecule has 2 N–H and O–H groups in total. The van der Waals surface area contributed by atoms with Gasteiger partial charge in [0.1, 0.15) is 5.76 Å². The first-order valence-electron chi connectivity index (χ1n) is 8.24. The summed E-state index contributed by atoms with van der Waals surface area (Å²) in [6.45, 7) is 8.26. The van der Waals surface area contributed by atoms with Crippen LogP contribution in [0.15, 0.2) is 9.52 Å². The van der Waals surface area contributed by atoms with Gasteiger partial charge in [-0.05, 0) is 13.5 Å². The molecule has 0 radical (unpaired) electrons. The molecule has 1 heterocycles. The van der Waals surface area contributed by atoms with Crippen molar-refractivity contribution >= 4 is 29.9 Å². The minimum absolute atomic E-state index is 0. The molecule has 24 heavy (non-hydrogen) atoms. The Balaban J connectivity index is 0.00000529. The largest absolute Gasteiger partial charge is 0.383 e. The normalized spacial score (nSPS) is 11.5. The zero-order valence-corrected chi connectivity index (χ0v) is 17.8. The van der Waals surface area contributed by atoms with Crippen molar-refractivity contribution in [2.45, 2.75) is 33.2 Å². The fourth-order valence-corrected chi connectivity index (χ4v) is 2.25. The summed E-state index contributed by atoms with van der Waals surface area (Å²) in [7, 11) is 5.58. The van der Waals surface area contributed by atoms with E-state index in [9.17, 15) is 0 Å². The summed E-state index contributed by atoms with van der Waals surface area (Å²) < 4.78 is 10.5. The number of methoxy groups -OCH3 is 1. The quantitative estimate of drug-likeness (QED) is 0.319. The Morgan fingerprint density at radius 3 is 2.58 bits per heavy atom. The number of hydrogen-bond donors (Lipinski definition) is 2. The summed E-state index contributed by atoms with van der Waals surface area (Å²) in [5, 5.41) is 10.8. The summed E-state index contributed by atoms with van der Waals surface area (Å²) in [5.74, 6) is 1.74. The Kier molecular flexibility index (Phi) is 12.9. The van der Waals surface area contributed by atoms with Gasteiger partial charge in [0, 0.05) is 52.3 Å². The van der Waals surface area contributed by atoms with Gasteiger partial charge < -0.3 is 24.8 Å². The van der Waals surface area contributed by atoms with E-state index in [1.807, 2.05) is 0 Å². The Hall–Kier alpha value is -0.870. The zero-order valence-electron chi connectivity index (χ0n) is 15.5. The molecule has 7 nitrogen and oxygen atoms in total. The van der Waals surface area contributed by atoms with Gasteiger partial charge in [0.25, 0.3) is 0 Å². The highest BCUT2D eigenvalue weighted by atomic mass is 127. The van der Waals surface area contributed by atoms with Gasteiger partial charge in [-0.25, -0.2) is 0 Å². The molecule has 1 aromatic heterocycles. The van der Waals surface area contributed by atoms with Crippen molar-refractivity contribution in [2.75, 3.05) is 47.4 Å². The number of nitrogens with one attached hydrogen (secondary N) is 2. The monoisotopic (exact) mass is 453 g/mol. The predicted octanol–water partition coefficient (Wildman–Crippen LogP) is 1.66. The molecule has 140 valence electrons. The van der Waals surface area contributed by atoms with Crippen molar-refractivity contribution in [3.63, 3.8) is 0 Å². The van der Waals surface area contributed by atoms with Crippen molar-refractivity contribution in [2.24, 2.45) is 4.99 Å². The maximum atomic E-state index is 5.38. The molecule has 0 saturated carbocycles. The zero-order chi connectivity index (χ0) is 17.1. The molecule has 0 fully saturated rings. The second-order valence-corrected chi connectivity index (χ2v) is 5.39. The predicted molar refractivity (Wildman–Crippen MR) is 108 cm³/mol. The Labute approximate surface area is 162 Å². The molecule has 0 atom stereocenters. The first kappa shape index (κ1) is 23.1. The highest BCUT2D eigenvalue weighted by molar-refractivity contribution is 14.0. The van der Waals surface area contributed by atoms with Crippen LogP contribution in [0, 0.1) is 0 Å². The van der Waals surface area contributed by atoms with Crippen LogP contribution in [-0.4, -0.2) is 63.5 Å². The summed E-state index contributed by atoms with van der Waals surface area (Å²) >= 11 is 0. The fraction of sp³-hybridized carbons (Fsp3) is 0.750. The molecule has 0 aliphatic rings. The Morgan fingerprint density at radius 2 is 2.00 bits per heavy atom. The standard InChI is InChI=1S/C16H31N5O2.HI/c1-6-14-13(15(7-2)23-20-14)12-19-16(17-3)18-8-9-21(4)10-11-22-5;/h6-12H2,1-5H3,(H2,17,18,19);1H. The average molecular weight is 453 g/mol. The maximum absolute atomic E-state index is 5.38. The molecule has 0 aliphatic carbocycles. The molecule has 8 heteroatoms. The van der Waals surface area contributed by atoms with Crippen LogP contribution in [0.5, 0.6) is 0 Å². The molecule has 0 amide bonds. The van der Waals surface area contributed by atoms with E-state index < -0.39 is 0 Å². The molecule has 1 rings (SSSR count). The first-order valence-corrected chi connectivity index (χ1v) is 8.24. The van der Waals surface area contributed by atoms with E-state index >= 15 is 0 Å². The van der Waals surface area contributed by atoms with Crippen LogP contribution >= 0.6 is 24.0 Å². The fourth-order valence-electron chi connectivity index (χ4n) is 2.25. The smallest absolute Gasteiger partial charge is 0.191 e. The van der Waals surface area contributed by atoms with Crippen molar-refractivity contribution in [3.05, 3.63) is 17.0 Å². The number of aliphatic imine (C=N–C) groups is 1. The third-order valence-electron chi connectivity index (χ3n) is 3.73. The highest BCUT2D eigenvalue weighted by Gasteiger charge is 2.13. The van der Waals surface area contributed by atoms with E-state index in [1.165, 1.54) is 0 Å². The van der Waals surface area contributed by atoms with Crippen LogP contribution in [0.25, 0.3) is 0 Å². The van der Waals surface area contributed by atoms with E-state index in [0.29, 0.717) is 6.54 Å². The maximum Gasteiger partial charge on any atom is 0.191 e. The number of aromatic nitrogens is 1. The molecule has 1 aromatic rings. The molecule has 0 spiro atoms. The number of aryl methyl sites for hydroxylation is 2. The second-order valence-electron chi connectivity index (χ2n) is 5.39. The van der Waals surface area contributed by atoms with Gasteiger partial charge in [-0.3, -0.25) is 4.99 Å². The van der Waals surface area contributed by atoms with Crippen LogP contribution in [0.3, 0.4) is 0 Å². The van der Waals surface area contributed by atoms with Gasteiger partial charge in [-0.1, -0.05) is 19.0 Å².